The Hall–Kier alpha value is -3.22. The van der Waals surface area contributed by atoms with Crippen molar-refractivity contribution in [3.8, 4) is 11.3 Å². The number of aliphatic carboxylic acids is 1. The Kier molecular flexibility index (Phi) is 4.82. The summed E-state index contributed by atoms with van der Waals surface area (Å²) in [5, 5.41) is 14.6. The van der Waals surface area contributed by atoms with Gasteiger partial charge >= 0.3 is 5.97 Å². The third-order valence-electron chi connectivity index (χ3n) is 5.51. The highest BCUT2D eigenvalue weighted by Gasteiger charge is 2.35. The zero-order valence-electron chi connectivity index (χ0n) is 16.8. The van der Waals surface area contributed by atoms with Crippen LogP contribution in [0.5, 0.6) is 0 Å². The number of carbonyl (C=O) groups is 2. The number of aryl methyl sites for hydroxylation is 1. The first-order chi connectivity index (χ1) is 13.9. The average Bonchev–Trinajstić information content (AvgIpc) is 3.34. The van der Waals surface area contributed by atoms with Crippen LogP contribution >= 0.6 is 0 Å². The van der Waals surface area contributed by atoms with Crippen LogP contribution in [-0.2, 0) is 4.79 Å². The van der Waals surface area contributed by atoms with E-state index in [9.17, 15) is 14.7 Å². The first-order valence-electron chi connectivity index (χ1n) is 9.86. The van der Waals surface area contributed by atoms with Crippen LogP contribution in [0.1, 0.15) is 48.7 Å². The summed E-state index contributed by atoms with van der Waals surface area (Å²) in [7, 11) is 0. The Bertz CT molecular complexity index is 1100. The summed E-state index contributed by atoms with van der Waals surface area (Å²) in [6, 6.07) is 8.95. The normalized spacial score (nSPS) is 16.7. The molecule has 1 N–H and O–H groups in total. The van der Waals surface area contributed by atoms with E-state index < -0.39 is 12.0 Å². The molecule has 150 valence electrons. The van der Waals surface area contributed by atoms with Gasteiger partial charge in [0.25, 0.3) is 5.91 Å². The Labute approximate surface area is 169 Å². The zero-order chi connectivity index (χ0) is 20.7. The minimum Gasteiger partial charge on any atom is -0.480 e. The SMILES string of the molecule is Cc1ccccc1-c1cc(C(=O)N2CCC[C@H]2C(=O)O)c2cnn(C(C)C)c2n1. The Morgan fingerprint density at radius 2 is 2.00 bits per heavy atom. The van der Waals surface area contributed by atoms with Gasteiger partial charge in [-0.1, -0.05) is 24.3 Å². The Balaban J connectivity index is 1.92. The highest BCUT2D eigenvalue weighted by molar-refractivity contribution is 6.07. The number of carboxylic acid groups (broad SMARTS) is 1. The van der Waals surface area contributed by atoms with E-state index in [4.69, 9.17) is 4.98 Å². The van der Waals surface area contributed by atoms with E-state index in [-0.39, 0.29) is 11.9 Å². The van der Waals surface area contributed by atoms with Crippen molar-refractivity contribution in [1.29, 1.82) is 0 Å². The second-order valence-electron chi connectivity index (χ2n) is 7.78. The molecule has 0 aliphatic carbocycles. The molecule has 0 spiro atoms. The maximum absolute atomic E-state index is 13.4. The number of aromatic nitrogens is 3. The molecule has 1 fully saturated rings. The lowest BCUT2D eigenvalue weighted by molar-refractivity contribution is -0.141. The molecule has 0 bridgehead atoms. The summed E-state index contributed by atoms with van der Waals surface area (Å²) in [6.07, 6.45) is 2.82. The van der Waals surface area contributed by atoms with E-state index in [0.29, 0.717) is 41.7 Å². The minimum atomic E-state index is -0.960. The summed E-state index contributed by atoms with van der Waals surface area (Å²) in [6.45, 7) is 6.47. The third kappa shape index (κ3) is 3.26. The summed E-state index contributed by atoms with van der Waals surface area (Å²) < 4.78 is 1.80. The zero-order valence-corrected chi connectivity index (χ0v) is 16.8. The van der Waals surface area contributed by atoms with Crippen molar-refractivity contribution in [2.75, 3.05) is 6.54 Å². The molecule has 3 aromatic rings. The maximum Gasteiger partial charge on any atom is 0.326 e. The van der Waals surface area contributed by atoms with Gasteiger partial charge in [-0.15, -0.1) is 0 Å². The first-order valence-corrected chi connectivity index (χ1v) is 9.86. The molecule has 0 radical (unpaired) electrons. The highest BCUT2D eigenvalue weighted by atomic mass is 16.4. The number of amides is 1. The van der Waals surface area contributed by atoms with Gasteiger partial charge in [0.15, 0.2) is 5.65 Å². The van der Waals surface area contributed by atoms with Crippen molar-refractivity contribution in [1.82, 2.24) is 19.7 Å². The predicted octanol–water partition coefficient (Wildman–Crippen LogP) is 3.68. The van der Waals surface area contributed by atoms with Crippen molar-refractivity contribution in [3.05, 3.63) is 47.7 Å². The van der Waals surface area contributed by atoms with Crippen molar-refractivity contribution < 1.29 is 14.7 Å². The standard InChI is InChI=1S/C22H24N4O3/c1-13(2)26-20-17(12-23-26)16(21(27)25-10-6-9-19(25)22(28)29)11-18(24-20)15-8-5-4-7-14(15)3/h4-5,7-8,11-13,19H,6,9-10H2,1-3H3,(H,28,29)/t19-/m0/s1. The number of rotatable bonds is 4. The number of likely N-dealkylation sites (tertiary alicyclic amines) is 1. The average molecular weight is 392 g/mol. The molecule has 1 saturated heterocycles. The van der Waals surface area contributed by atoms with Gasteiger partial charge in [-0.05, 0) is 45.2 Å². The number of carbonyl (C=O) groups excluding carboxylic acids is 1. The van der Waals surface area contributed by atoms with Gasteiger partial charge in [0.05, 0.1) is 22.8 Å². The quantitative estimate of drug-likeness (QED) is 0.732. The van der Waals surface area contributed by atoms with Crippen LogP contribution in [0.4, 0.5) is 0 Å². The van der Waals surface area contributed by atoms with Crippen LogP contribution in [0.3, 0.4) is 0 Å². The van der Waals surface area contributed by atoms with Crippen LogP contribution < -0.4 is 0 Å². The number of nitrogens with zero attached hydrogens (tertiary/aromatic N) is 4. The molecule has 1 aliphatic heterocycles. The van der Waals surface area contributed by atoms with Crippen LogP contribution in [0.2, 0.25) is 0 Å². The number of pyridine rings is 1. The lowest BCUT2D eigenvalue weighted by Crippen LogP contribution is -2.40. The molecule has 1 amide bonds. The lowest BCUT2D eigenvalue weighted by atomic mass is 10.0. The summed E-state index contributed by atoms with van der Waals surface area (Å²) in [5.74, 6) is -1.24. The molecule has 0 saturated carbocycles. The molecule has 1 aliphatic rings. The number of hydrogen-bond acceptors (Lipinski definition) is 4. The molecule has 1 atom stereocenters. The fourth-order valence-corrected chi connectivity index (χ4v) is 3.99. The van der Waals surface area contributed by atoms with E-state index in [2.05, 4.69) is 5.10 Å². The first kappa shape index (κ1) is 19.1. The van der Waals surface area contributed by atoms with Gasteiger partial charge in [0, 0.05) is 18.2 Å². The van der Waals surface area contributed by atoms with Gasteiger partial charge in [-0.2, -0.15) is 5.10 Å². The van der Waals surface area contributed by atoms with E-state index in [0.717, 1.165) is 11.1 Å². The second-order valence-corrected chi connectivity index (χ2v) is 7.78. The molecule has 7 nitrogen and oxygen atoms in total. The molecular formula is C22H24N4O3. The monoisotopic (exact) mass is 392 g/mol. The van der Waals surface area contributed by atoms with Gasteiger partial charge in [0.2, 0.25) is 0 Å². The summed E-state index contributed by atoms with van der Waals surface area (Å²) in [5.41, 5.74) is 3.77. The van der Waals surface area contributed by atoms with Gasteiger partial charge < -0.3 is 10.0 Å². The fraction of sp³-hybridized carbons (Fsp3) is 0.364. The van der Waals surface area contributed by atoms with Crippen molar-refractivity contribution in [2.24, 2.45) is 0 Å². The molecular weight excluding hydrogens is 368 g/mol. The van der Waals surface area contributed by atoms with Crippen molar-refractivity contribution in [2.45, 2.75) is 45.7 Å². The second kappa shape index (κ2) is 7.31. The molecule has 2 aromatic heterocycles. The number of hydrogen-bond donors (Lipinski definition) is 1. The third-order valence-corrected chi connectivity index (χ3v) is 5.51. The molecule has 3 heterocycles. The Morgan fingerprint density at radius 1 is 1.24 bits per heavy atom. The van der Waals surface area contributed by atoms with Crippen LogP contribution in [0, 0.1) is 6.92 Å². The van der Waals surface area contributed by atoms with Crippen LogP contribution in [0.15, 0.2) is 36.5 Å². The highest BCUT2D eigenvalue weighted by Crippen LogP contribution is 2.30. The largest absolute Gasteiger partial charge is 0.480 e. The van der Waals surface area contributed by atoms with Crippen LogP contribution in [0.25, 0.3) is 22.3 Å². The maximum atomic E-state index is 13.4. The van der Waals surface area contributed by atoms with E-state index in [1.807, 2.05) is 45.0 Å². The van der Waals surface area contributed by atoms with Gasteiger partial charge in [-0.3, -0.25) is 4.79 Å². The molecule has 7 heteroatoms. The number of fused-ring (bicyclic) bond motifs is 1. The fourth-order valence-electron chi connectivity index (χ4n) is 3.99. The molecule has 29 heavy (non-hydrogen) atoms. The van der Waals surface area contributed by atoms with Crippen LogP contribution in [-0.4, -0.2) is 49.2 Å². The van der Waals surface area contributed by atoms with Crippen molar-refractivity contribution in [3.63, 3.8) is 0 Å². The summed E-state index contributed by atoms with van der Waals surface area (Å²) in [4.78, 5) is 31.3. The molecule has 0 unspecified atom stereocenters. The van der Waals surface area contributed by atoms with E-state index in [1.54, 1.807) is 16.9 Å². The minimum absolute atomic E-state index is 0.0774. The number of carboxylic acids is 1. The number of benzene rings is 1. The molecule has 1 aromatic carbocycles. The topological polar surface area (TPSA) is 88.3 Å². The smallest absolute Gasteiger partial charge is 0.326 e. The summed E-state index contributed by atoms with van der Waals surface area (Å²) >= 11 is 0. The lowest BCUT2D eigenvalue weighted by Gasteiger charge is -2.22. The van der Waals surface area contributed by atoms with E-state index >= 15 is 0 Å². The van der Waals surface area contributed by atoms with Gasteiger partial charge in [0.1, 0.15) is 6.04 Å². The Morgan fingerprint density at radius 3 is 2.69 bits per heavy atom. The molecule has 4 rings (SSSR count). The van der Waals surface area contributed by atoms with Crippen molar-refractivity contribution >= 4 is 22.9 Å². The van der Waals surface area contributed by atoms with E-state index in [1.165, 1.54) is 4.90 Å². The predicted molar refractivity (Wildman–Crippen MR) is 110 cm³/mol. The van der Waals surface area contributed by atoms with Gasteiger partial charge in [-0.25, -0.2) is 14.5 Å².